The molecule has 24 heavy (non-hydrogen) atoms. The third-order valence-corrected chi connectivity index (χ3v) is 4.37. The quantitative estimate of drug-likeness (QED) is 0.876. The maximum absolute atomic E-state index is 12.9. The van der Waals surface area contributed by atoms with Crippen LogP contribution in [0, 0.1) is 0 Å². The van der Waals surface area contributed by atoms with Crippen molar-refractivity contribution in [1.29, 1.82) is 0 Å². The molecule has 0 spiro atoms. The molecular weight excluding hydrogens is 316 g/mol. The van der Waals surface area contributed by atoms with Crippen molar-refractivity contribution in [2.24, 2.45) is 0 Å². The molecule has 130 valence electrons. The summed E-state index contributed by atoms with van der Waals surface area (Å²) in [5.74, 6) is 1.21. The van der Waals surface area contributed by atoms with Crippen molar-refractivity contribution in [2.45, 2.75) is 44.7 Å². The Morgan fingerprint density at radius 2 is 2.08 bits per heavy atom. The van der Waals surface area contributed by atoms with Crippen LogP contribution in [0.5, 0.6) is 0 Å². The monoisotopic (exact) mass is 337 g/mol. The van der Waals surface area contributed by atoms with Gasteiger partial charge < -0.3 is 9.26 Å². The van der Waals surface area contributed by atoms with Crippen LogP contribution in [0.1, 0.15) is 49.0 Å². The lowest BCUT2D eigenvalue weighted by molar-refractivity contribution is 0.0218. The summed E-state index contributed by atoms with van der Waals surface area (Å²) >= 11 is 0. The number of benzene rings is 1. The van der Waals surface area contributed by atoms with Gasteiger partial charge in [-0.05, 0) is 24.5 Å². The van der Waals surface area contributed by atoms with Gasteiger partial charge in [0, 0.05) is 31.7 Å². The SMILES string of the molecule is CCc1noc(C2(NCc3cccc(C(F)F)c3)CCOCC2)n1. The van der Waals surface area contributed by atoms with Gasteiger partial charge in [0.15, 0.2) is 5.82 Å². The number of halogens is 2. The third kappa shape index (κ3) is 3.62. The average molecular weight is 337 g/mol. The molecule has 0 amide bonds. The molecule has 0 radical (unpaired) electrons. The van der Waals surface area contributed by atoms with Crippen molar-refractivity contribution in [2.75, 3.05) is 13.2 Å². The highest BCUT2D eigenvalue weighted by atomic mass is 19.3. The van der Waals surface area contributed by atoms with Crippen LogP contribution < -0.4 is 5.32 Å². The van der Waals surface area contributed by atoms with E-state index in [9.17, 15) is 8.78 Å². The highest BCUT2D eigenvalue weighted by Gasteiger charge is 2.39. The van der Waals surface area contributed by atoms with Crippen molar-refractivity contribution in [3.8, 4) is 0 Å². The zero-order valence-electron chi connectivity index (χ0n) is 13.6. The fourth-order valence-corrected chi connectivity index (χ4v) is 2.89. The van der Waals surface area contributed by atoms with E-state index >= 15 is 0 Å². The van der Waals surface area contributed by atoms with Gasteiger partial charge in [-0.15, -0.1) is 0 Å². The number of nitrogens with zero attached hydrogens (tertiary/aromatic N) is 2. The molecule has 0 saturated carbocycles. The van der Waals surface area contributed by atoms with Gasteiger partial charge in [0.2, 0.25) is 5.89 Å². The number of nitrogens with one attached hydrogen (secondary N) is 1. The Labute approximate surface area is 139 Å². The summed E-state index contributed by atoms with van der Waals surface area (Å²) in [6, 6.07) is 6.44. The molecule has 1 aliphatic rings. The summed E-state index contributed by atoms with van der Waals surface area (Å²) in [5, 5.41) is 7.43. The molecule has 1 fully saturated rings. The third-order valence-electron chi connectivity index (χ3n) is 4.37. The van der Waals surface area contributed by atoms with Crippen molar-refractivity contribution >= 4 is 0 Å². The molecule has 2 heterocycles. The Balaban J connectivity index is 1.78. The van der Waals surface area contributed by atoms with Gasteiger partial charge >= 0.3 is 0 Å². The zero-order chi connectivity index (χ0) is 17.0. The van der Waals surface area contributed by atoms with Crippen LogP contribution >= 0.6 is 0 Å². The van der Waals surface area contributed by atoms with Crippen LogP contribution in [-0.2, 0) is 23.2 Å². The number of hydrogen-bond donors (Lipinski definition) is 1. The van der Waals surface area contributed by atoms with Gasteiger partial charge in [0.1, 0.15) is 5.54 Å². The van der Waals surface area contributed by atoms with Crippen molar-refractivity contribution < 1.29 is 18.0 Å². The predicted molar refractivity (Wildman–Crippen MR) is 83.6 cm³/mol. The number of rotatable bonds is 6. The normalized spacial score (nSPS) is 17.3. The minimum Gasteiger partial charge on any atom is -0.381 e. The molecule has 0 atom stereocenters. The van der Waals surface area contributed by atoms with Crippen molar-refractivity contribution in [3.05, 3.63) is 47.1 Å². The van der Waals surface area contributed by atoms with E-state index in [4.69, 9.17) is 9.26 Å². The Morgan fingerprint density at radius 3 is 2.75 bits per heavy atom. The highest BCUT2D eigenvalue weighted by molar-refractivity contribution is 5.24. The van der Waals surface area contributed by atoms with Crippen LogP contribution in [0.4, 0.5) is 8.78 Å². The molecule has 2 aromatic rings. The molecule has 0 unspecified atom stereocenters. The van der Waals surface area contributed by atoms with E-state index in [1.165, 1.54) is 12.1 Å². The summed E-state index contributed by atoms with van der Waals surface area (Å²) < 4.78 is 36.6. The maximum Gasteiger partial charge on any atom is 0.263 e. The Bertz CT molecular complexity index is 669. The van der Waals surface area contributed by atoms with Crippen LogP contribution in [0.15, 0.2) is 28.8 Å². The summed E-state index contributed by atoms with van der Waals surface area (Å²) in [7, 11) is 0. The predicted octanol–water partition coefficient (Wildman–Crippen LogP) is 3.37. The number of alkyl halides is 2. The molecule has 7 heteroatoms. The molecule has 1 aromatic heterocycles. The average Bonchev–Trinajstić information content (AvgIpc) is 3.11. The van der Waals surface area contributed by atoms with E-state index in [1.54, 1.807) is 6.07 Å². The van der Waals surface area contributed by atoms with Gasteiger partial charge in [-0.25, -0.2) is 8.78 Å². The first-order chi connectivity index (χ1) is 11.6. The van der Waals surface area contributed by atoms with E-state index in [0.717, 1.165) is 5.56 Å². The summed E-state index contributed by atoms with van der Waals surface area (Å²) in [4.78, 5) is 4.47. The second-order valence-electron chi connectivity index (χ2n) is 5.96. The Morgan fingerprint density at radius 1 is 1.29 bits per heavy atom. The minimum absolute atomic E-state index is 0.0291. The molecule has 0 bridgehead atoms. The van der Waals surface area contributed by atoms with Gasteiger partial charge in [0.05, 0.1) is 0 Å². The second kappa shape index (κ2) is 7.36. The molecule has 1 saturated heterocycles. The lowest BCUT2D eigenvalue weighted by Gasteiger charge is -2.35. The first-order valence-electron chi connectivity index (χ1n) is 8.16. The van der Waals surface area contributed by atoms with E-state index < -0.39 is 12.0 Å². The summed E-state index contributed by atoms with van der Waals surface area (Å²) in [6.07, 6.45) is -0.364. The van der Waals surface area contributed by atoms with Gasteiger partial charge in [-0.2, -0.15) is 4.98 Å². The first kappa shape index (κ1) is 17.0. The van der Waals surface area contributed by atoms with Gasteiger partial charge in [0.25, 0.3) is 6.43 Å². The maximum atomic E-state index is 12.9. The zero-order valence-corrected chi connectivity index (χ0v) is 13.6. The van der Waals surface area contributed by atoms with E-state index in [2.05, 4.69) is 15.5 Å². The first-order valence-corrected chi connectivity index (χ1v) is 8.16. The fraction of sp³-hybridized carbons (Fsp3) is 0.529. The van der Waals surface area contributed by atoms with Gasteiger partial charge in [-0.3, -0.25) is 5.32 Å². The summed E-state index contributed by atoms with van der Waals surface area (Å²) in [6.45, 7) is 3.60. The number of hydrogen-bond acceptors (Lipinski definition) is 5. The fourth-order valence-electron chi connectivity index (χ4n) is 2.89. The highest BCUT2D eigenvalue weighted by Crippen LogP contribution is 2.31. The number of aryl methyl sites for hydroxylation is 1. The Kier molecular flexibility index (Phi) is 5.20. The lowest BCUT2D eigenvalue weighted by atomic mass is 9.89. The van der Waals surface area contributed by atoms with Crippen LogP contribution in [0.3, 0.4) is 0 Å². The summed E-state index contributed by atoms with van der Waals surface area (Å²) in [5.41, 5.74) is 0.356. The van der Waals surface area contributed by atoms with Crippen LogP contribution in [0.25, 0.3) is 0 Å². The second-order valence-corrected chi connectivity index (χ2v) is 5.96. The smallest absolute Gasteiger partial charge is 0.263 e. The number of aromatic nitrogens is 2. The molecule has 1 N–H and O–H groups in total. The lowest BCUT2D eigenvalue weighted by Crippen LogP contribution is -2.46. The molecule has 3 rings (SSSR count). The largest absolute Gasteiger partial charge is 0.381 e. The van der Waals surface area contributed by atoms with Crippen LogP contribution in [0.2, 0.25) is 0 Å². The van der Waals surface area contributed by atoms with Crippen molar-refractivity contribution in [3.63, 3.8) is 0 Å². The topological polar surface area (TPSA) is 60.2 Å². The van der Waals surface area contributed by atoms with E-state index in [1.807, 2.05) is 13.0 Å². The molecular formula is C17H21F2N3O2. The van der Waals surface area contributed by atoms with Gasteiger partial charge in [-0.1, -0.05) is 30.3 Å². The number of ether oxygens (including phenoxy) is 1. The molecule has 5 nitrogen and oxygen atoms in total. The van der Waals surface area contributed by atoms with E-state index in [-0.39, 0.29) is 5.56 Å². The van der Waals surface area contributed by atoms with E-state index in [0.29, 0.717) is 50.7 Å². The van der Waals surface area contributed by atoms with Crippen molar-refractivity contribution in [1.82, 2.24) is 15.5 Å². The standard InChI is InChI=1S/C17H21F2N3O2/c1-2-14-21-16(24-22-14)17(6-8-23-9-7-17)20-11-12-4-3-5-13(10-12)15(18)19/h3-5,10,15,20H,2,6-9,11H2,1H3. The molecule has 1 aliphatic heterocycles. The molecule has 0 aliphatic carbocycles. The Hall–Kier alpha value is -1.86. The molecule has 1 aromatic carbocycles. The minimum atomic E-state index is -2.47. The van der Waals surface area contributed by atoms with Crippen LogP contribution in [-0.4, -0.2) is 23.4 Å².